The second-order valence-corrected chi connectivity index (χ2v) is 8.50. The third-order valence-corrected chi connectivity index (χ3v) is 6.95. The number of aliphatic hydroxyl groups excluding tert-OH is 3. The Balaban J connectivity index is 0.000000199. The Hall–Kier alpha value is -2.66. The first-order chi connectivity index (χ1) is 14.6. The normalized spacial score (nSPS) is 33.9. The molecule has 2 heterocycles. The van der Waals surface area contributed by atoms with Crippen LogP contribution in [0.2, 0.25) is 0 Å². The van der Waals surface area contributed by atoms with E-state index in [0.717, 1.165) is 19.4 Å². The molecule has 31 heavy (non-hydrogen) atoms. The zero-order valence-electron chi connectivity index (χ0n) is 16.8. The van der Waals surface area contributed by atoms with Crippen LogP contribution >= 0.6 is 0 Å². The summed E-state index contributed by atoms with van der Waals surface area (Å²) in [5, 5.41) is 53.2. The molecule has 10 heteroatoms. The molecule has 7 atom stereocenters. The molecular formula is C21H25NO9. The van der Waals surface area contributed by atoms with Gasteiger partial charge in [-0.2, -0.15) is 0 Å². The van der Waals surface area contributed by atoms with Crippen molar-refractivity contribution in [2.45, 2.75) is 48.7 Å². The molecule has 6 N–H and O–H groups in total. The van der Waals surface area contributed by atoms with Crippen molar-refractivity contribution < 1.29 is 45.0 Å². The average molecular weight is 435 g/mol. The highest BCUT2D eigenvalue weighted by Gasteiger charge is 2.64. The van der Waals surface area contributed by atoms with Crippen molar-refractivity contribution >= 4 is 11.9 Å². The predicted octanol–water partition coefficient (Wildman–Crippen LogP) is -0.924. The second-order valence-electron chi connectivity index (χ2n) is 8.50. The van der Waals surface area contributed by atoms with Gasteiger partial charge in [0, 0.05) is 22.9 Å². The lowest BCUT2D eigenvalue weighted by molar-refractivity contribution is -0.165. The number of hydrogen-bond acceptors (Lipinski definition) is 8. The SMILES string of the molecule is CN1CC[C@@]23c4c5ccc(O)c4OC2C(O)C=CC3[C@@H]1C5.O=C(O)C(O)C(O)C(=O)O. The number of carboxylic acids is 2. The summed E-state index contributed by atoms with van der Waals surface area (Å²) in [6.07, 6.45) is 0.646. The zero-order valence-corrected chi connectivity index (χ0v) is 16.8. The minimum atomic E-state index is -2.27. The summed E-state index contributed by atoms with van der Waals surface area (Å²) in [5.74, 6) is -2.35. The van der Waals surface area contributed by atoms with Crippen LogP contribution in [0.5, 0.6) is 11.5 Å². The van der Waals surface area contributed by atoms with Crippen LogP contribution in [-0.4, -0.2) is 91.5 Å². The second kappa shape index (κ2) is 7.49. The summed E-state index contributed by atoms with van der Waals surface area (Å²) in [4.78, 5) is 22.0. The number of carbonyl (C=O) groups is 2. The molecule has 1 spiro atoms. The smallest absolute Gasteiger partial charge is 0.335 e. The Bertz CT molecular complexity index is 929. The van der Waals surface area contributed by atoms with E-state index in [1.807, 2.05) is 12.1 Å². The summed E-state index contributed by atoms with van der Waals surface area (Å²) in [6, 6.07) is 4.23. The maximum absolute atomic E-state index is 10.4. The number of benzene rings is 1. The number of aromatic hydroxyl groups is 1. The number of piperidine rings is 1. The van der Waals surface area contributed by atoms with Gasteiger partial charge in [-0.15, -0.1) is 0 Å². The van der Waals surface area contributed by atoms with Crippen molar-refractivity contribution in [1.82, 2.24) is 4.90 Å². The number of rotatable bonds is 3. The van der Waals surface area contributed by atoms with Crippen LogP contribution in [0.1, 0.15) is 17.5 Å². The lowest BCUT2D eigenvalue weighted by Gasteiger charge is -2.56. The molecule has 1 aromatic rings. The van der Waals surface area contributed by atoms with Gasteiger partial charge >= 0.3 is 11.9 Å². The van der Waals surface area contributed by atoms with Gasteiger partial charge in [0.2, 0.25) is 0 Å². The van der Waals surface area contributed by atoms with Gasteiger partial charge in [-0.1, -0.05) is 18.2 Å². The van der Waals surface area contributed by atoms with Gasteiger partial charge in [-0.25, -0.2) is 9.59 Å². The van der Waals surface area contributed by atoms with Gasteiger partial charge in [0.1, 0.15) is 12.2 Å². The van der Waals surface area contributed by atoms with Gasteiger partial charge in [0.25, 0.3) is 0 Å². The van der Waals surface area contributed by atoms with E-state index < -0.39 is 30.3 Å². The molecule has 0 radical (unpaired) electrons. The maximum atomic E-state index is 10.4. The zero-order chi connectivity index (χ0) is 22.7. The van der Waals surface area contributed by atoms with E-state index in [4.69, 9.17) is 25.2 Å². The molecule has 1 fully saturated rings. The first-order valence-corrected chi connectivity index (χ1v) is 10.00. The fraction of sp³-hybridized carbons (Fsp3) is 0.524. The summed E-state index contributed by atoms with van der Waals surface area (Å²) >= 11 is 0. The first-order valence-electron chi connectivity index (χ1n) is 10.00. The minimum Gasteiger partial charge on any atom is -0.504 e. The minimum absolute atomic E-state index is 0.160. The number of aliphatic carboxylic acids is 2. The van der Waals surface area contributed by atoms with E-state index in [0.29, 0.717) is 17.7 Å². The molecule has 0 saturated carbocycles. The Morgan fingerprint density at radius 2 is 1.81 bits per heavy atom. The van der Waals surface area contributed by atoms with Crippen molar-refractivity contribution in [3.05, 3.63) is 35.4 Å². The van der Waals surface area contributed by atoms with Crippen LogP contribution in [0.25, 0.3) is 0 Å². The lowest BCUT2D eigenvalue weighted by Crippen LogP contribution is -2.64. The third-order valence-electron chi connectivity index (χ3n) is 6.95. The number of hydrogen-bond donors (Lipinski definition) is 6. The molecule has 10 nitrogen and oxygen atoms in total. The number of phenolic OH excluding ortho intramolecular Hbond substituents is 1. The summed E-state index contributed by atoms with van der Waals surface area (Å²) in [5.41, 5.74) is 2.29. The van der Waals surface area contributed by atoms with Crippen molar-refractivity contribution in [2.24, 2.45) is 5.92 Å². The number of nitrogens with zero attached hydrogens (tertiary/aromatic N) is 1. The third kappa shape index (κ3) is 3.09. The molecule has 0 amide bonds. The van der Waals surface area contributed by atoms with E-state index in [9.17, 15) is 19.8 Å². The molecule has 0 aromatic heterocycles. The highest BCUT2D eigenvalue weighted by atomic mass is 16.5. The predicted molar refractivity (Wildman–Crippen MR) is 105 cm³/mol. The van der Waals surface area contributed by atoms with Gasteiger partial charge in [0.05, 0.1) is 0 Å². The quantitative estimate of drug-likeness (QED) is 0.327. The standard InChI is InChI=1S/C17H19NO3.C4H6O6/c1-18-7-6-17-10-3-5-13(20)16(17)21-15-12(19)4-2-9(14(15)17)8-11(10)18;5-1(3(7)8)2(6)4(9)10/h2-5,10-11,13,16,19-20H,6-8H2,1H3;1-2,5-6H,(H,7,8)(H,9,10)/t10?,11-,13?,16?,17+;/m0./s1. The van der Waals surface area contributed by atoms with E-state index in [2.05, 4.69) is 18.0 Å². The van der Waals surface area contributed by atoms with Crippen molar-refractivity contribution in [3.8, 4) is 11.5 Å². The fourth-order valence-corrected chi connectivity index (χ4v) is 5.51. The van der Waals surface area contributed by atoms with Crippen molar-refractivity contribution in [3.63, 3.8) is 0 Å². The topological polar surface area (TPSA) is 168 Å². The van der Waals surface area contributed by atoms with Crippen LogP contribution < -0.4 is 4.74 Å². The molecule has 4 aliphatic rings. The van der Waals surface area contributed by atoms with Gasteiger partial charge < -0.3 is 40.3 Å². The molecular weight excluding hydrogens is 410 g/mol. The molecule has 1 saturated heterocycles. The highest BCUT2D eigenvalue weighted by Crippen LogP contribution is 2.62. The molecule has 1 aromatic carbocycles. The summed E-state index contributed by atoms with van der Waals surface area (Å²) < 4.78 is 6.09. The Morgan fingerprint density at radius 1 is 1.16 bits per heavy atom. The Labute approximate surface area is 177 Å². The lowest BCUT2D eigenvalue weighted by atomic mass is 9.53. The van der Waals surface area contributed by atoms with E-state index in [1.54, 1.807) is 6.07 Å². The Morgan fingerprint density at radius 3 is 2.42 bits per heavy atom. The average Bonchev–Trinajstić information content (AvgIpc) is 3.09. The monoisotopic (exact) mass is 435 g/mol. The summed E-state index contributed by atoms with van der Waals surface area (Å²) in [6.45, 7) is 1.01. The van der Waals surface area contributed by atoms with Crippen LogP contribution in [0, 0.1) is 5.92 Å². The molecule has 168 valence electrons. The van der Waals surface area contributed by atoms with Gasteiger partial charge in [-0.05, 0) is 38.1 Å². The first kappa shape index (κ1) is 21.6. The van der Waals surface area contributed by atoms with Crippen molar-refractivity contribution in [1.29, 1.82) is 0 Å². The largest absolute Gasteiger partial charge is 0.504 e. The number of likely N-dealkylation sites (N-methyl/N-ethyl adjacent to an activating group) is 1. The Kier molecular flexibility index (Phi) is 5.21. The molecule has 2 aliphatic carbocycles. The van der Waals surface area contributed by atoms with Gasteiger partial charge in [0.15, 0.2) is 23.7 Å². The number of ether oxygens (including phenoxy) is 1. The van der Waals surface area contributed by atoms with Crippen molar-refractivity contribution in [2.75, 3.05) is 13.6 Å². The molecule has 2 aliphatic heterocycles. The maximum Gasteiger partial charge on any atom is 0.335 e. The van der Waals surface area contributed by atoms with E-state index in [1.165, 1.54) is 11.1 Å². The van der Waals surface area contributed by atoms with E-state index in [-0.39, 0.29) is 17.3 Å². The van der Waals surface area contributed by atoms with Crippen LogP contribution in [0.3, 0.4) is 0 Å². The van der Waals surface area contributed by atoms with E-state index >= 15 is 0 Å². The van der Waals surface area contributed by atoms with Crippen LogP contribution in [0.4, 0.5) is 0 Å². The fourth-order valence-electron chi connectivity index (χ4n) is 5.51. The van der Waals surface area contributed by atoms with Crippen LogP contribution in [-0.2, 0) is 21.4 Å². The molecule has 5 unspecified atom stereocenters. The summed E-state index contributed by atoms with van der Waals surface area (Å²) in [7, 11) is 2.19. The number of carboxylic acid groups (broad SMARTS) is 2. The molecule has 5 rings (SSSR count). The van der Waals surface area contributed by atoms with Crippen LogP contribution in [0.15, 0.2) is 24.3 Å². The number of aliphatic hydroxyl groups is 3. The number of phenols is 1. The molecule has 2 bridgehead atoms. The van der Waals surface area contributed by atoms with Gasteiger partial charge in [-0.3, -0.25) is 0 Å². The highest BCUT2D eigenvalue weighted by molar-refractivity contribution is 5.83. The number of likely N-dealkylation sites (tertiary alicyclic amines) is 1.